The molecule has 15 aromatic rings. The highest BCUT2D eigenvalue weighted by Gasteiger charge is 2.29. The van der Waals surface area contributed by atoms with Crippen molar-refractivity contribution in [2.75, 3.05) is 19.6 Å². The van der Waals surface area contributed by atoms with Crippen molar-refractivity contribution < 1.29 is 0 Å². The van der Waals surface area contributed by atoms with E-state index in [1.54, 1.807) is 0 Å². The van der Waals surface area contributed by atoms with Crippen molar-refractivity contribution in [1.82, 2.24) is 0 Å². The maximum Gasteiger partial charge on any atom is 0.0631 e. The first-order valence-corrected chi connectivity index (χ1v) is 32.4. The summed E-state index contributed by atoms with van der Waals surface area (Å²) in [5, 5.41) is 4.75. The fourth-order valence-corrected chi connectivity index (χ4v) is 14.1. The molecule has 0 spiro atoms. The van der Waals surface area contributed by atoms with E-state index in [2.05, 4.69) is 402 Å². The first-order chi connectivity index (χ1) is 46.7. The van der Waals surface area contributed by atoms with Crippen LogP contribution in [0.1, 0.15) is 23.6 Å². The number of para-hydroxylation sites is 4. The Hall–Kier alpha value is -12.2. The molecule has 0 bridgehead atoms. The predicted molar refractivity (Wildman–Crippen MR) is 399 cm³/mol. The highest BCUT2D eigenvalue weighted by Crippen LogP contribution is 2.53. The summed E-state index contributed by atoms with van der Waals surface area (Å²) in [6.45, 7) is 0. The maximum absolute atomic E-state index is 2.55. The van der Waals surface area contributed by atoms with Gasteiger partial charge in [-0.05, 0) is 206 Å². The minimum Gasteiger partial charge on any atom is -0.334 e. The summed E-state index contributed by atoms with van der Waals surface area (Å²) in [7, 11) is 0. The van der Waals surface area contributed by atoms with E-state index in [0.717, 1.165) is 91.2 Å². The van der Waals surface area contributed by atoms with Crippen molar-refractivity contribution in [3.8, 4) is 44.5 Å². The van der Waals surface area contributed by atoms with Gasteiger partial charge in [0.25, 0.3) is 0 Å². The van der Waals surface area contributed by atoms with Crippen LogP contribution in [0.4, 0.5) is 62.6 Å². The Balaban J connectivity index is 0.866. The second kappa shape index (κ2) is 25.6. The molecule has 0 aliphatic heterocycles. The van der Waals surface area contributed by atoms with Crippen LogP contribution in [-0.2, 0) is 0 Å². The molecular formula is C90H66N4. The lowest BCUT2D eigenvalue weighted by molar-refractivity contribution is 0.702. The van der Waals surface area contributed by atoms with E-state index < -0.39 is 0 Å². The number of anilines is 11. The molecule has 1 atom stereocenters. The van der Waals surface area contributed by atoms with Gasteiger partial charge >= 0.3 is 0 Å². The molecule has 446 valence electrons. The van der Waals surface area contributed by atoms with Gasteiger partial charge in [0.2, 0.25) is 0 Å². The molecular weight excluding hydrogens is 1140 g/mol. The monoisotopic (exact) mass is 1200 g/mol. The fraction of sp³-hybridized carbons (Fsp3) is 0.0222. The molecule has 1 aliphatic rings. The molecule has 1 unspecified atom stereocenters. The molecule has 94 heavy (non-hydrogen) atoms. The van der Waals surface area contributed by atoms with Gasteiger partial charge in [-0.25, -0.2) is 0 Å². The van der Waals surface area contributed by atoms with E-state index in [1.165, 1.54) is 54.9 Å². The smallest absolute Gasteiger partial charge is 0.0631 e. The van der Waals surface area contributed by atoms with E-state index in [1.807, 2.05) is 0 Å². The number of fused-ring (bicyclic) bond motifs is 3. The SMILES string of the molecule is C1=Cc2ccccc2C(N(c2ccc(-c3c(-c4ccc(N(c5ccc(N(c6ccccc6)c6ccccc6)cc5)c5cccc6ccccc56)cc4)c(-c4ccccc4)c4ccccc4c3-c3ccccc3)cc2)c2ccc(N(c3ccccc3)c3ccccc3)cc2)C1. The minimum absolute atomic E-state index is 0.0428. The highest BCUT2D eigenvalue weighted by molar-refractivity contribution is 6.18. The molecule has 0 heterocycles. The number of benzene rings is 15. The van der Waals surface area contributed by atoms with E-state index in [0.29, 0.717) is 0 Å². The van der Waals surface area contributed by atoms with Crippen molar-refractivity contribution in [2.24, 2.45) is 0 Å². The Labute approximate surface area is 550 Å². The maximum atomic E-state index is 2.55. The normalized spacial score (nSPS) is 12.5. The highest BCUT2D eigenvalue weighted by atomic mass is 15.2. The van der Waals surface area contributed by atoms with Crippen LogP contribution in [0.5, 0.6) is 0 Å². The summed E-state index contributed by atoms with van der Waals surface area (Å²) in [4.78, 5) is 9.62. The topological polar surface area (TPSA) is 13.0 Å². The van der Waals surface area contributed by atoms with Crippen LogP contribution in [0.2, 0.25) is 0 Å². The van der Waals surface area contributed by atoms with E-state index in [9.17, 15) is 0 Å². The Morgan fingerprint density at radius 3 is 1.00 bits per heavy atom. The van der Waals surface area contributed by atoms with Crippen molar-refractivity contribution in [3.05, 3.63) is 387 Å². The minimum atomic E-state index is 0.0428. The Morgan fingerprint density at radius 1 is 0.223 bits per heavy atom. The standard InChI is InChI=1S/C90H66N4/c1-7-29-67(30-8-1)87-83-45-23-24-46-84(83)88(68-31-9-2-10-32-68)90(70-51-55-78(56-52-70)94(86-48-26-34-66-28-20-22-44-82(66)86)80-63-59-76(60-64-80)92(73-39-15-5-16-40-73)74-41-17-6-18-42-74)89(87)69-49-53-77(54-50-69)93(85-47-25-33-65-27-19-21-43-81(65)85)79-61-57-75(58-62-79)91(71-35-11-3-12-36-71)72-37-13-4-14-38-72/h1-47,49-64,86H,48H2. The number of nitrogens with zero attached hydrogens (tertiary/aromatic N) is 4. The Morgan fingerprint density at radius 2 is 0.543 bits per heavy atom. The first kappa shape index (κ1) is 57.0. The molecule has 0 aromatic heterocycles. The molecule has 0 radical (unpaired) electrons. The summed E-state index contributed by atoms with van der Waals surface area (Å²) in [6, 6.07) is 135. The van der Waals surface area contributed by atoms with Crippen LogP contribution in [0.3, 0.4) is 0 Å². The second-order valence-corrected chi connectivity index (χ2v) is 23.9. The molecule has 0 saturated carbocycles. The van der Waals surface area contributed by atoms with Crippen LogP contribution in [0.15, 0.2) is 376 Å². The van der Waals surface area contributed by atoms with Gasteiger partial charge in [0.1, 0.15) is 0 Å². The average Bonchev–Trinajstić information content (AvgIpc) is 0.796. The van der Waals surface area contributed by atoms with Crippen molar-refractivity contribution in [1.29, 1.82) is 0 Å². The molecule has 4 heteroatoms. The quantitative estimate of drug-likeness (QED) is 0.0956. The summed E-state index contributed by atoms with van der Waals surface area (Å²) in [5.74, 6) is 0. The van der Waals surface area contributed by atoms with Gasteiger partial charge in [0.15, 0.2) is 0 Å². The first-order valence-electron chi connectivity index (χ1n) is 32.4. The Kier molecular flexibility index (Phi) is 15.5. The van der Waals surface area contributed by atoms with Crippen molar-refractivity contribution in [2.45, 2.75) is 12.5 Å². The average molecular weight is 1200 g/mol. The van der Waals surface area contributed by atoms with Crippen LogP contribution in [0.25, 0.3) is 72.1 Å². The van der Waals surface area contributed by atoms with Gasteiger partial charge in [-0.15, -0.1) is 0 Å². The summed E-state index contributed by atoms with van der Waals surface area (Å²) < 4.78 is 0. The van der Waals surface area contributed by atoms with Gasteiger partial charge in [0, 0.05) is 62.3 Å². The van der Waals surface area contributed by atoms with Gasteiger partial charge in [-0.2, -0.15) is 0 Å². The third kappa shape index (κ3) is 10.9. The van der Waals surface area contributed by atoms with E-state index >= 15 is 0 Å². The molecule has 16 rings (SSSR count). The molecule has 0 N–H and O–H groups in total. The van der Waals surface area contributed by atoms with E-state index in [-0.39, 0.29) is 6.04 Å². The van der Waals surface area contributed by atoms with Crippen LogP contribution in [0, 0.1) is 0 Å². The molecule has 0 fully saturated rings. The lowest BCUT2D eigenvalue weighted by Crippen LogP contribution is -2.25. The van der Waals surface area contributed by atoms with Gasteiger partial charge in [-0.3, -0.25) is 0 Å². The van der Waals surface area contributed by atoms with Gasteiger partial charge in [-0.1, -0.05) is 255 Å². The second-order valence-electron chi connectivity index (χ2n) is 23.9. The number of rotatable bonds is 16. The lowest BCUT2D eigenvalue weighted by atomic mass is 9.79. The van der Waals surface area contributed by atoms with Gasteiger partial charge < -0.3 is 19.6 Å². The zero-order valence-corrected chi connectivity index (χ0v) is 51.9. The van der Waals surface area contributed by atoms with Crippen LogP contribution < -0.4 is 19.6 Å². The third-order valence-corrected chi connectivity index (χ3v) is 18.3. The molecule has 0 saturated heterocycles. The zero-order valence-electron chi connectivity index (χ0n) is 51.9. The number of hydrogen-bond acceptors (Lipinski definition) is 4. The van der Waals surface area contributed by atoms with Crippen molar-refractivity contribution in [3.63, 3.8) is 0 Å². The van der Waals surface area contributed by atoms with Crippen LogP contribution in [-0.4, -0.2) is 0 Å². The molecule has 4 nitrogen and oxygen atoms in total. The summed E-state index contributed by atoms with van der Waals surface area (Å²) in [6.07, 6.45) is 5.47. The molecule has 0 amide bonds. The van der Waals surface area contributed by atoms with E-state index in [4.69, 9.17) is 0 Å². The third-order valence-electron chi connectivity index (χ3n) is 18.3. The largest absolute Gasteiger partial charge is 0.334 e. The fourth-order valence-electron chi connectivity index (χ4n) is 14.1. The number of hydrogen-bond donors (Lipinski definition) is 0. The summed E-state index contributed by atoms with van der Waals surface area (Å²) in [5.41, 5.74) is 23.8. The predicted octanol–water partition coefficient (Wildman–Crippen LogP) is 25.4. The lowest BCUT2D eigenvalue weighted by Gasteiger charge is -2.36. The van der Waals surface area contributed by atoms with Crippen LogP contribution >= 0.6 is 0 Å². The van der Waals surface area contributed by atoms with Crippen molar-refractivity contribution >= 4 is 90.2 Å². The zero-order chi connectivity index (χ0) is 62.6. The molecule has 15 aromatic carbocycles. The molecule has 1 aliphatic carbocycles. The van der Waals surface area contributed by atoms with Gasteiger partial charge in [0.05, 0.1) is 11.7 Å². The Bertz CT molecular complexity index is 5040. The summed E-state index contributed by atoms with van der Waals surface area (Å²) >= 11 is 0.